The number of fused-ring (bicyclic) bond motifs is 2. The molecule has 2 heteroatoms. The van der Waals surface area contributed by atoms with Crippen LogP contribution in [-0.4, -0.2) is 11.9 Å². The zero-order valence-electron chi connectivity index (χ0n) is 7.31. The second-order valence-electron chi connectivity index (χ2n) is 4.63. The maximum absolute atomic E-state index is 11.6. The van der Waals surface area contributed by atoms with Gasteiger partial charge in [0.25, 0.3) is 0 Å². The average Bonchev–Trinajstić information content (AvgIpc) is 2.80. The lowest BCUT2D eigenvalue weighted by Gasteiger charge is -2.26. The zero-order chi connectivity index (χ0) is 8.18. The highest BCUT2D eigenvalue weighted by Crippen LogP contribution is 2.59. The van der Waals surface area contributed by atoms with Gasteiger partial charge in [0, 0.05) is 6.04 Å². The number of rotatable bonds is 0. The Morgan fingerprint density at radius 2 is 2.00 bits per heavy atom. The van der Waals surface area contributed by atoms with Gasteiger partial charge in [-0.15, -0.1) is 0 Å². The summed E-state index contributed by atoms with van der Waals surface area (Å²) < 4.78 is 0. The fourth-order valence-electron chi connectivity index (χ4n) is 3.18. The van der Waals surface area contributed by atoms with E-state index in [4.69, 9.17) is 0 Å². The van der Waals surface area contributed by atoms with Gasteiger partial charge in [-0.2, -0.15) is 0 Å². The van der Waals surface area contributed by atoms with Crippen molar-refractivity contribution in [3.63, 3.8) is 0 Å². The first kappa shape index (κ1) is 6.93. The molecule has 0 bridgehead atoms. The Kier molecular flexibility index (Phi) is 1.18. The molecule has 2 unspecified atom stereocenters. The maximum atomic E-state index is 11.6. The summed E-state index contributed by atoms with van der Waals surface area (Å²) >= 11 is 0. The molecule has 12 heavy (non-hydrogen) atoms. The molecule has 66 valence electrons. The second kappa shape index (κ2) is 2.04. The Labute approximate surface area is 72.7 Å². The predicted molar refractivity (Wildman–Crippen MR) is 45.6 cm³/mol. The molecule has 0 radical (unpaired) electrons. The normalized spacial score (nSPS) is 42.5. The van der Waals surface area contributed by atoms with Crippen molar-refractivity contribution in [1.82, 2.24) is 5.32 Å². The molecule has 1 amide bonds. The third-order valence-electron chi connectivity index (χ3n) is 4.03. The smallest absolute Gasteiger partial charge is 0.226 e. The van der Waals surface area contributed by atoms with E-state index in [9.17, 15) is 4.79 Å². The van der Waals surface area contributed by atoms with E-state index in [0.717, 1.165) is 0 Å². The van der Waals surface area contributed by atoms with Crippen LogP contribution in [0.25, 0.3) is 0 Å². The molecule has 2 atom stereocenters. The average molecular weight is 165 g/mol. The van der Waals surface area contributed by atoms with Gasteiger partial charge < -0.3 is 5.32 Å². The molecule has 1 N–H and O–H groups in total. The third-order valence-corrected chi connectivity index (χ3v) is 4.03. The van der Waals surface area contributed by atoms with Crippen molar-refractivity contribution in [2.75, 3.05) is 0 Å². The van der Waals surface area contributed by atoms with Crippen molar-refractivity contribution < 1.29 is 4.79 Å². The van der Waals surface area contributed by atoms with Gasteiger partial charge in [0.2, 0.25) is 5.91 Å². The summed E-state index contributed by atoms with van der Waals surface area (Å²) in [6.07, 6.45) is 7.52. The molecular formula is C10H15NO. The Bertz CT molecular complexity index is 232. The van der Waals surface area contributed by atoms with Crippen LogP contribution in [0.2, 0.25) is 0 Å². The third kappa shape index (κ3) is 0.686. The van der Waals surface area contributed by atoms with Crippen molar-refractivity contribution in [1.29, 1.82) is 0 Å². The highest BCUT2D eigenvalue weighted by Gasteiger charge is 2.62. The first-order valence-corrected chi connectivity index (χ1v) is 5.14. The summed E-state index contributed by atoms with van der Waals surface area (Å²) in [7, 11) is 0. The summed E-state index contributed by atoms with van der Waals surface area (Å²) in [5.41, 5.74) is 0.144. The highest BCUT2D eigenvalue weighted by molar-refractivity contribution is 5.88. The van der Waals surface area contributed by atoms with E-state index in [1.54, 1.807) is 0 Å². The molecule has 3 aliphatic rings. The van der Waals surface area contributed by atoms with Gasteiger partial charge in [-0.25, -0.2) is 0 Å². The molecule has 3 fully saturated rings. The van der Waals surface area contributed by atoms with Gasteiger partial charge in [0.1, 0.15) is 0 Å². The molecule has 2 aliphatic carbocycles. The standard InChI is InChI=1S/C10H15NO/c12-9-10(5-6-10)7-3-1-2-4-8(7)11-9/h7-8H,1-6H2,(H,11,12). The van der Waals surface area contributed by atoms with E-state index < -0.39 is 0 Å². The van der Waals surface area contributed by atoms with E-state index in [-0.39, 0.29) is 5.41 Å². The molecule has 1 heterocycles. The van der Waals surface area contributed by atoms with Gasteiger partial charge in [-0.3, -0.25) is 4.79 Å². The monoisotopic (exact) mass is 165 g/mol. The minimum Gasteiger partial charge on any atom is -0.353 e. The van der Waals surface area contributed by atoms with Crippen LogP contribution in [0.15, 0.2) is 0 Å². The number of carbonyl (C=O) groups is 1. The van der Waals surface area contributed by atoms with Crippen molar-refractivity contribution in [3.8, 4) is 0 Å². The first-order valence-electron chi connectivity index (χ1n) is 5.14. The van der Waals surface area contributed by atoms with Gasteiger partial charge in [-0.1, -0.05) is 12.8 Å². The number of carbonyl (C=O) groups excluding carboxylic acids is 1. The maximum Gasteiger partial charge on any atom is 0.226 e. The SMILES string of the molecule is O=C1NC2CCCCC2C12CC2. The summed E-state index contributed by atoms with van der Waals surface area (Å²) in [5.74, 6) is 1.08. The fourth-order valence-corrected chi connectivity index (χ4v) is 3.18. The Balaban J connectivity index is 1.91. The number of hydrogen-bond donors (Lipinski definition) is 1. The van der Waals surface area contributed by atoms with Crippen molar-refractivity contribution >= 4 is 5.91 Å². The molecule has 0 aromatic carbocycles. The quantitative estimate of drug-likeness (QED) is 0.578. The number of hydrogen-bond acceptors (Lipinski definition) is 1. The molecule has 1 saturated heterocycles. The largest absolute Gasteiger partial charge is 0.353 e. The van der Waals surface area contributed by atoms with E-state index in [0.29, 0.717) is 17.9 Å². The van der Waals surface area contributed by atoms with Crippen molar-refractivity contribution in [2.45, 2.75) is 44.6 Å². The minimum atomic E-state index is 0.144. The van der Waals surface area contributed by atoms with Crippen LogP contribution in [0.5, 0.6) is 0 Å². The van der Waals surface area contributed by atoms with Gasteiger partial charge >= 0.3 is 0 Å². The Morgan fingerprint density at radius 1 is 1.25 bits per heavy atom. The van der Waals surface area contributed by atoms with Crippen LogP contribution in [-0.2, 0) is 4.79 Å². The Hall–Kier alpha value is -0.530. The number of amides is 1. The highest BCUT2D eigenvalue weighted by atomic mass is 16.2. The summed E-state index contributed by atoms with van der Waals surface area (Å²) in [5, 5.41) is 3.17. The summed E-state index contributed by atoms with van der Waals surface area (Å²) in [4.78, 5) is 11.6. The van der Waals surface area contributed by atoms with Crippen molar-refractivity contribution in [3.05, 3.63) is 0 Å². The van der Waals surface area contributed by atoms with E-state index in [1.165, 1.54) is 38.5 Å². The van der Waals surface area contributed by atoms with E-state index in [1.807, 2.05) is 0 Å². The molecule has 1 spiro atoms. The fraction of sp³-hybridized carbons (Fsp3) is 0.900. The summed E-state index contributed by atoms with van der Waals surface area (Å²) in [6, 6.07) is 0.550. The van der Waals surface area contributed by atoms with Crippen LogP contribution < -0.4 is 5.32 Å². The van der Waals surface area contributed by atoms with Gasteiger partial charge in [-0.05, 0) is 31.6 Å². The van der Waals surface area contributed by atoms with Crippen LogP contribution in [0.4, 0.5) is 0 Å². The molecule has 1 aliphatic heterocycles. The first-order chi connectivity index (χ1) is 5.83. The van der Waals surface area contributed by atoms with Gasteiger partial charge in [0.15, 0.2) is 0 Å². The molecule has 2 nitrogen and oxygen atoms in total. The van der Waals surface area contributed by atoms with E-state index >= 15 is 0 Å². The lowest BCUT2D eigenvalue weighted by atomic mass is 9.78. The lowest BCUT2D eigenvalue weighted by molar-refractivity contribution is -0.124. The van der Waals surface area contributed by atoms with Crippen LogP contribution in [0.3, 0.4) is 0 Å². The zero-order valence-corrected chi connectivity index (χ0v) is 7.31. The summed E-state index contributed by atoms with van der Waals surface area (Å²) in [6.45, 7) is 0. The topological polar surface area (TPSA) is 29.1 Å². The number of nitrogens with one attached hydrogen (secondary N) is 1. The van der Waals surface area contributed by atoms with Crippen LogP contribution in [0.1, 0.15) is 38.5 Å². The molecular weight excluding hydrogens is 150 g/mol. The van der Waals surface area contributed by atoms with Crippen LogP contribution >= 0.6 is 0 Å². The molecule has 0 aromatic rings. The van der Waals surface area contributed by atoms with E-state index in [2.05, 4.69) is 5.32 Å². The van der Waals surface area contributed by atoms with Crippen molar-refractivity contribution in [2.24, 2.45) is 11.3 Å². The molecule has 0 aromatic heterocycles. The van der Waals surface area contributed by atoms with Crippen LogP contribution in [0, 0.1) is 11.3 Å². The molecule has 3 rings (SSSR count). The second-order valence-corrected chi connectivity index (χ2v) is 4.63. The minimum absolute atomic E-state index is 0.144. The van der Waals surface area contributed by atoms with Gasteiger partial charge in [0.05, 0.1) is 5.41 Å². The predicted octanol–water partition coefficient (Wildman–Crippen LogP) is 1.46. The Morgan fingerprint density at radius 3 is 2.75 bits per heavy atom. The molecule has 2 saturated carbocycles. The lowest BCUT2D eigenvalue weighted by Crippen LogP contribution is -2.31.